The second kappa shape index (κ2) is 7.60. The maximum atomic E-state index is 6.30. The topological polar surface area (TPSA) is 51.8 Å². The zero-order valence-corrected chi connectivity index (χ0v) is 15.7. The van der Waals surface area contributed by atoms with E-state index in [-0.39, 0.29) is 0 Å². The Morgan fingerprint density at radius 1 is 1.12 bits per heavy atom. The molecule has 0 bridgehead atoms. The van der Waals surface area contributed by atoms with Gasteiger partial charge in [-0.25, -0.2) is 4.98 Å². The van der Waals surface area contributed by atoms with Gasteiger partial charge in [0.05, 0.1) is 12.9 Å². The van der Waals surface area contributed by atoms with Crippen molar-refractivity contribution in [3.8, 4) is 0 Å². The van der Waals surface area contributed by atoms with Crippen molar-refractivity contribution in [2.45, 2.75) is 31.8 Å². The summed E-state index contributed by atoms with van der Waals surface area (Å²) in [5.41, 5.74) is 1.20. The molecule has 0 saturated carbocycles. The molecule has 26 heavy (non-hydrogen) atoms. The third-order valence-corrected chi connectivity index (χ3v) is 5.56. The molecule has 0 unspecified atom stereocenters. The quantitative estimate of drug-likeness (QED) is 0.692. The highest BCUT2D eigenvalue weighted by molar-refractivity contribution is 6.31. The summed E-state index contributed by atoms with van der Waals surface area (Å²) in [6, 6.07) is 8.10. The van der Waals surface area contributed by atoms with Crippen LogP contribution in [0.3, 0.4) is 0 Å². The second-order valence-electron chi connectivity index (χ2n) is 6.91. The van der Waals surface area contributed by atoms with Crippen LogP contribution in [-0.4, -0.2) is 42.3 Å². The molecule has 0 atom stereocenters. The highest BCUT2D eigenvalue weighted by Gasteiger charge is 2.25. The average Bonchev–Trinajstić information content (AvgIpc) is 3.29. The first kappa shape index (κ1) is 17.2. The zero-order valence-electron chi connectivity index (χ0n) is 14.9. The molecule has 1 aliphatic heterocycles. The van der Waals surface area contributed by atoms with Crippen molar-refractivity contribution in [1.82, 2.24) is 29.2 Å². The molecule has 1 aromatic carbocycles. The smallest absolute Gasteiger partial charge is 0.152 e. The van der Waals surface area contributed by atoms with Crippen molar-refractivity contribution in [3.05, 3.63) is 65.2 Å². The molecular formula is C19H23ClN6. The Balaban J connectivity index is 1.37. The lowest BCUT2D eigenvalue weighted by molar-refractivity contribution is 0.200. The van der Waals surface area contributed by atoms with Crippen molar-refractivity contribution < 1.29 is 0 Å². The summed E-state index contributed by atoms with van der Waals surface area (Å²) < 4.78 is 4.16. The Labute approximate surface area is 158 Å². The lowest BCUT2D eigenvalue weighted by atomic mass is 9.95. The van der Waals surface area contributed by atoms with Crippen molar-refractivity contribution in [2.24, 2.45) is 7.05 Å². The van der Waals surface area contributed by atoms with Crippen LogP contribution in [0.2, 0.25) is 5.02 Å². The van der Waals surface area contributed by atoms with Gasteiger partial charge in [0.25, 0.3) is 0 Å². The molecule has 0 radical (unpaired) electrons. The van der Waals surface area contributed by atoms with Gasteiger partial charge in [0.15, 0.2) is 5.82 Å². The largest absolute Gasteiger partial charge is 0.330 e. The van der Waals surface area contributed by atoms with Gasteiger partial charge in [-0.05, 0) is 37.6 Å². The minimum absolute atomic E-state index is 0.464. The van der Waals surface area contributed by atoms with Gasteiger partial charge in [-0.3, -0.25) is 4.90 Å². The molecule has 3 aromatic rings. The fourth-order valence-corrected chi connectivity index (χ4v) is 3.82. The van der Waals surface area contributed by atoms with Crippen LogP contribution in [-0.2, 0) is 20.1 Å². The number of benzene rings is 1. The van der Waals surface area contributed by atoms with Gasteiger partial charge >= 0.3 is 0 Å². The zero-order chi connectivity index (χ0) is 17.9. The first-order chi connectivity index (χ1) is 12.7. The van der Waals surface area contributed by atoms with Crippen LogP contribution >= 0.6 is 11.6 Å². The molecule has 0 spiro atoms. The van der Waals surface area contributed by atoms with Crippen molar-refractivity contribution in [3.63, 3.8) is 0 Å². The number of halogens is 1. The summed E-state index contributed by atoms with van der Waals surface area (Å²) in [4.78, 5) is 6.56. The number of rotatable bonds is 5. The molecule has 136 valence electrons. The van der Waals surface area contributed by atoms with Crippen molar-refractivity contribution in [2.75, 3.05) is 13.1 Å². The van der Waals surface area contributed by atoms with Crippen molar-refractivity contribution in [1.29, 1.82) is 0 Å². The van der Waals surface area contributed by atoms with E-state index >= 15 is 0 Å². The minimum Gasteiger partial charge on any atom is -0.330 e. The van der Waals surface area contributed by atoms with Crippen molar-refractivity contribution >= 4 is 11.6 Å². The van der Waals surface area contributed by atoms with Crippen LogP contribution in [0.15, 0.2) is 43.0 Å². The molecule has 4 rings (SSSR count). The molecule has 7 heteroatoms. The molecule has 6 nitrogen and oxygen atoms in total. The summed E-state index contributed by atoms with van der Waals surface area (Å²) in [7, 11) is 2.07. The number of hydrogen-bond donors (Lipinski definition) is 0. The van der Waals surface area contributed by atoms with E-state index < -0.39 is 0 Å². The van der Waals surface area contributed by atoms with Crippen LogP contribution in [0.5, 0.6) is 0 Å². The number of aromatic nitrogens is 5. The van der Waals surface area contributed by atoms with E-state index in [1.54, 1.807) is 6.20 Å². The van der Waals surface area contributed by atoms with Gasteiger partial charge in [-0.15, -0.1) is 10.2 Å². The van der Waals surface area contributed by atoms with E-state index in [4.69, 9.17) is 11.6 Å². The van der Waals surface area contributed by atoms with Gasteiger partial charge < -0.3 is 9.13 Å². The Bertz CT molecular complexity index is 849. The highest BCUT2D eigenvalue weighted by atomic mass is 35.5. The lowest BCUT2D eigenvalue weighted by Gasteiger charge is -2.31. The molecule has 0 amide bonds. The third-order valence-electron chi connectivity index (χ3n) is 5.19. The van der Waals surface area contributed by atoms with E-state index in [9.17, 15) is 0 Å². The summed E-state index contributed by atoms with van der Waals surface area (Å²) >= 11 is 6.30. The Morgan fingerprint density at radius 3 is 2.65 bits per heavy atom. The fourth-order valence-electron chi connectivity index (χ4n) is 3.63. The van der Waals surface area contributed by atoms with E-state index in [1.165, 1.54) is 5.56 Å². The van der Waals surface area contributed by atoms with Crippen LogP contribution in [0.25, 0.3) is 0 Å². The van der Waals surface area contributed by atoms with Gasteiger partial charge in [0, 0.05) is 36.9 Å². The first-order valence-electron chi connectivity index (χ1n) is 9.00. The van der Waals surface area contributed by atoms with Crippen LogP contribution in [0.1, 0.15) is 36.0 Å². The number of nitrogens with zero attached hydrogens (tertiary/aromatic N) is 6. The third kappa shape index (κ3) is 3.66. The predicted molar refractivity (Wildman–Crippen MR) is 101 cm³/mol. The predicted octanol–water partition coefficient (Wildman–Crippen LogP) is 3.09. The first-order valence-corrected chi connectivity index (χ1v) is 9.38. The molecule has 1 saturated heterocycles. The SMILES string of the molecule is Cn1c(Cn2ccnc2)nnc1C1CCN(Cc2ccccc2Cl)CC1. The van der Waals surface area contributed by atoms with E-state index in [1.807, 2.05) is 29.2 Å². The van der Waals surface area contributed by atoms with E-state index in [2.05, 4.69) is 43.8 Å². The van der Waals surface area contributed by atoms with Gasteiger partial charge in [0.2, 0.25) is 0 Å². The molecule has 3 heterocycles. The van der Waals surface area contributed by atoms with Crippen LogP contribution in [0, 0.1) is 0 Å². The Kier molecular flexibility index (Phi) is 5.04. The monoisotopic (exact) mass is 370 g/mol. The standard InChI is InChI=1S/C19H23ClN6/c1-24-18(13-26-11-8-21-14-26)22-23-19(24)15-6-9-25(10-7-15)12-16-4-2-3-5-17(16)20/h2-5,8,11,14-15H,6-7,9-10,12-13H2,1H3. The maximum absolute atomic E-state index is 6.30. The normalized spacial score (nSPS) is 16.2. The summed E-state index contributed by atoms with van der Waals surface area (Å²) in [5, 5.41) is 9.73. The molecule has 0 aliphatic carbocycles. The second-order valence-corrected chi connectivity index (χ2v) is 7.32. The highest BCUT2D eigenvalue weighted by Crippen LogP contribution is 2.28. The molecular weight excluding hydrogens is 348 g/mol. The number of piperidine rings is 1. The molecule has 2 aromatic heterocycles. The Morgan fingerprint density at radius 2 is 1.92 bits per heavy atom. The Hall–Kier alpha value is -2.18. The average molecular weight is 371 g/mol. The van der Waals surface area contributed by atoms with Gasteiger partial charge in [-0.1, -0.05) is 29.8 Å². The molecule has 1 aliphatic rings. The van der Waals surface area contributed by atoms with E-state index in [0.717, 1.165) is 49.1 Å². The number of imidazole rings is 1. The fraction of sp³-hybridized carbons (Fsp3) is 0.421. The molecule has 0 N–H and O–H groups in total. The number of hydrogen-bond acceptors (Lipinski definition) is 4. The maximum Gasteiger partial charge on any atom is 0.152 e. The van der Waals surface area contributed by atoms with Crippen LogP contribution < -0.4 is 0 Å². The summed E-state index contributed by atoms with van der Waals surface area (Å²) in [6.45, 7) is 3.73. The van der Waals surface area contributed by atoms with Gasteiger partial charge in [-0.2, -0.15) is 0 Å². The minimum atomic E-state index is 0.464. The van der Waals surface area contributed by atoms with Gasteiger partial charge in [0.1, 0.15) is 5.82 Å². The summed E-state index contributed by atoms with van der Waals surface area (Å²) in [5.74, 6) is 2.53. The van der Waals surface area contributed by atoms with E-state index in [0.29, 0.717) is 12.5 Å². The number of likely N-dealkylation sites (tertiary alicyclic amines) is 1. The lowest BCUT2D eigenvalue weighted by Crippen LogP contribution is -2.33. The summed E-state index contributed by atoms with van der Waals surface area (Å²) in [6.07, 6.45) is 7.73. The van der Waals surface area contributed by atoms with Crippen LogP contribution in [0.4, 0.5) is 0 Å². The molecule has 1 fully saturated rings.